The van der Waals surface area contributed by atoms with E-state index in [2.05, 4.69) is 10.3 Å². The predicted octanol–water partition coefficient (Wildman–Crippen LogP) is -0.177. The summed E-state index contributed by atoms with van der Waals surface area (Å²) in [5.41, 5.74) is 5.54. The maximum absolute atomic E-state index is 11.7. The van der Waals surface area contributed by atoms with Gasteiger partial charge in [-0.3, -0.25) is 9.59 Å². The summed E-state index contributed by atoms with van der Waals surface area (Å²) in [6.45, 7) is 0.704. The Balaban J connectivity index is 2.19. The molecule has 90 valence electrons. The van der Waals surface area contributed by atoms with Gasteiger partial charge in [0.25, 0.3) is 5.91 Å². The molecular weight excluding hydrogens is 220 g/mol. The number of pyridine rings is 1. The van der Waals surface area contributed by atoms with Crippen LogP contribution in [0.3, 0.4) is 0 Å². The highest BCUT2D eigenvalue weighted by Gasteiger charge is 2.29. The van der Waals surface area contributed by atoms with Gasteiger partial charge in [0.15, 0.2) is 0 Å². The average molecular weight is 234 g/mol. The van der Waals surface area contributed by atoms with Crippen molar-refractivity contribution in [1.29, 1.82) is 0 Å². The Morgan fingerprint density at radius 2 is 2.41 bits per heavy atom. The molecule has 1 saturated heterocycles. The molecule has 1 atom stereocenters. The molecule has 1 aromatic rings. The van der Waals surface area contributed by atoms with Gasteiger partial charge < -0.3 is 16.0 Å². The first-order valence-electron chi connectivity index (χ1n) is 5.36. The van der Waals surface area contributed by atoms with Gasteiger partial charge in [-0.1, -0.05) is 0 Å². The fourth-order valence-electron chi connectivity index (χ4n) is 1.84. The molecule has 0 aromatic carbocycles. The molecule has 1 aliphatic rings. The van der Waals surface area contributed by atoms with Crippen molar-refractivity contribution in [3.63, 3.8) is 0 Å². The summed E-state index contributed by atoms with van der Waals surface area (Å²) in [4.78, 5) is 28.6. The van der Waals surface area contributed by atoms with Crippen LogP contribution in [-0.4, -0.2) is 41.3 Å². The van der Waals surface area contributed by atoms with E-state index < -0.39 is 5.91 Å². The lowest BCUT2D eigenvalue weighted by atomic mass is 10.2. The van der Waals surface area contributed by atoms with Crippen LogP contribution in [0.25, 0.3) is 0 Å². The number of likely N-dealkylation sites (N-methyl/N-ethyl adjacent to an activating group) is 1. The van der Waals surface area contributed by atoms with Crippen molar-refractivity contribution in [3.8, 4) is 0 Å². The Morgan fingerprint density at radius 1 is 1.65 bits per heavy atom. The number of aromatic nitrogens is 1. The van der Waals surface area contributed by atoms with Gasteiger partial charge in [0.05, 0.1) is 5.56 Å². The van der Waals surface area contributed by atoms with Crippen molar-refractivity contribution in [2.45, 2.75) is 12.5 Å². The van der Waals surface area contributed by atoms with E-state index in [1.165, 1.54) is 0 Å². The van der Waals surface area contributed by atoms with Crippen molar-refractivity contribution >= 4 is 17.6 Å². The molecule has 1 aromatic heterocycles. The lowest BCUT2D eigenvalue weighted by Crippen LogP contribution is -2.32. The monoisotopic (exact) mass is 234 g/mol. The highest BCUT2D eigenvalue weighted by Crippen LogP contribution is 2.17. The fraction of sp³-hybridized carbons (Fsp3) is 0.364. The van der Waals surface area contributed by atoms with Gasteiger partial charge in [0.2, 0.25) is 5.91 Å². The zero-order valence-corrected chi connectivity index (χ0v) is 9.51. The third-order valence-electron chi connectivity index (χ3n) is 2.81. The lowest BCUT2D eigenvalue weighted by Gasteiger charge is -2.14. The standard InChI is InChI=1S/C11H14N4O2/c1-15-6-4-8(11(15)17)14-10-7(9(12)16)3-2-5-13-10/h2-3,5,8H,4,6H2,1H3,(H2,12,16)(H,13,14)/t8-/m1/s1. The van der Waals surface area contributed by atoms with E-state index in [0.29, 0.717) is 24.3 Å². The molecule has 17 heavy (non-hydrogen) atoms. The van der Waals surface area contributed by atoms with Crippen molar-refractivity contribution in [3.05, 3.63) is 23.9 Å². The maximum Gasteiger partial charge on any atom is 0.252 e. The van der Waals surface area contributed by atoms with E-state index >= 15 is 0 Å². The maximum atomic E-state index is 11.7. The number of nitrogens with one attached hydrogen (secondary N) is 1. The summed E-state index contributed by atoms with van der Waals surface area (Å²) in [5, 5.41) is 2.97. The molecule has 2 heterocycles. The smallest absolute Gasteiger partial charge is 0.252 e. The Labute approximate surface area is 98.8 Å². The molecule has 0 radical (unpaired) electrons. The van der Waals surface area contributed by atoms with Gasteiger partial charge in [-0.05, 0) is 18.6 Å². The molecule has 0 bridgehead atoms. The lowest BCUT2D eigenvalue weighted by molar-refractivity contribution is -0.127. The van der Waals surface area contributed by atoms with Gasteiger partial charge >= 0.3 is 0 Å². The van der Waals surface area contributed by atoms with Gasteiger partial charge in [0.1, 0.15) is 11.9 Å². The summed E-state index contributed by atoms with van der Waals surface area (Å²) in [6, 6.07) is 2.89. The molecule has 1 fully saturated rings. The number of rotatable bonds is 3. The third kappa shape index (κ3) is 2.20. The second kappa shape index (κ2) is 4.40. The second-order valence-electron chi connectivity index (χ2n) is 4.01. The zero-order chi connectivity index (χ0) is 12.4. The molecule has 6 heteroatoms. The van der Waals surface area contributed by atoms with Crippen LogP contribution in [0.1, 0.15) is 16.8 Å². The molecule has 6 nitrogen and oxygen atoms in total. The van der Waals surface area contributed by atoms with Crippen LogP contribution >= 0.6 is 0 Å². The van der Waals surface area contributed by atoms with E-state index in [4.69, 9.17) is 5.73 Å². The molecule has 0 unspecified atom stereocenters. The number of nitrogens with zero attached hydrogens (tertiary/aromatic N) is 2. The highest BCUT2D eigenvalue weighted by atomic mass is 16.2. The number of carbonyl (C=O) groups excluding carboxylic acids is 2. The minimum Gasteiger partial charge on any atom is -0.365 e. The fourth-order valence-corrected chi connectivity index (χ4v) is 1.84. The Kier molecular flexibility index (Phi) is 2.95. The molecule has 2 rings (SSSR count). The molecule has 2 amide bonds. The minimum atomic E-state index is -0.556. The molecule has 0 spiro atoms. The number of amides is 2. The van der Waals surface area contributed by atoms with E-state index in [0.717, 1.165) is 0 Å². The Morgan fingerprint density at radius 3 is 3.00 bits per heavy atom. The minimum absolute atomic E-state index is 0.00562. The van der Waals surface area contributed by atoms with Crippen LogP contribution in [0.5, 0.6) is 0 Å². The highest BCUT2D eigenvalue weighted by molar-refractivity contribution is 5.98. The van der Waals surface area contributed by atoms with Crippen molar-refractivity contribution in [2.24, 2.45) is 5.73 Å². The number of hydrogen-bond donors (Lipinski definition) is 2. The van der Waals surface area contributed by atoms with Crippen LogP contribution < -0.4 is 11.1 Å². The summed E-state index contributed by atoms with van der Waals surface area (Å²) in [6.07, 6.45) is 2.25. The molecule has 1 aliphatic heterocycles. The SMILES string of the molecule is CN1CC[C@@H](Nc2ncccc2C(N)=O)C1=O. The summed E-state index contributed by atoms with van der Waals surface area (Å²) in [7, 11) is 1.75. The van der Waals surface area contributed by atoms with E-state index in [-0.39, 0.29) is 11.9 Å². The van der Waals surface area contributed by atoms with Gasteiger partial charge in [-0.15, -0.1) is 0 Å². The van der Waals surface area contributed by atoms with Gasteiger partial charge in [-0.25, -0.2) is 4.98 Å². The Hall–Kier alpha value is -2.11. The van der Waals surface area contributed by atoms with E-state index in [9.17, 15) is 9.59 Å². The van der Waals surface area contributed by atoms with E-state index in [1.807, 2.05) is 0 Å². The topological polar surface area (TPSA) is 88.3 Å². The van der Waals surface area contributed by atoms with Gasteiger partial charge in [-0.2, -0.15) is 0 Å². The van der Waals surface area contributed by atoms with Crippen LogP contribution in [0.4, 0.5) is 5.82 Å². The number of primary amides is 1. The number of hydrogen-bond acceptors (Lipinski definition) is 4. The largest absolute Gasteiger partial charge is 0.365 e. The predicted molar refractivity (Wildman–Crippen MR) is 62.4 cm³/mol. The molecule has 0 saturated carbocycles. The third-order valence-corrected chi connectivity index (χ3v) is 2.81. The number of likely N-dealkylation sites (tertiary alicyclic amines) is 1. The normalized spacial score (nSPS) is 19.5. The average Bonchev–Trinajstić information content (AvgIpc) is 2.61. The zero-order valence-electron chi connectivity index (χ0n) is 9.51. The van der Waals surface area contributed by atoms with Crippen molar-refractivity contribution < 1.29 is 9.59 Å². The number of nitrogens with two attached hydrogens (primary N) is 1. The molecule has 3 N–H and O–H groups in total. The second-order valence-corrected chi connectivity index (χ2v) is 4.01. The summed E-state index contributed by atoms with van der Waals surface area (Å²) in [5.74, 6) is -0.181. The first-order chi connectivity index (χ1) is 8.09. The van der Waals surface area contributed by atoms with Crippen molar-refractivity contribution in [1.82, 2.24) is 9.88 Å². The first kappa shape index (κ1) is 11.4. The summed E-state index contributed by atoms with van der Waals surface area (Å²) >= 11 is 0. The molecular formula is C11H14N4O2. The number of anilines is 1. The summed E-state index contributed by atoms with van der Waals surface area (Å²) < 4.78 is 0. The van der Waals surface area contributed by atoms with E-state index in [1.54, 1.807) is 30.3 Å². The van der Waals surface area contributed by atoms with Crippen LogP contribution in [0.2, 0.25) is 0 Å². The molecule has 0 aliphatic carbocycles. The number of carbonyl (C=O) groups is 2. The quantitative estimate of drug-likeness (QED) is 0.759. The first-order valence-corrected chi connectivity index (χ1v) is 5.36. The Bertz CT molecular complexity index is 461. The van der Waals surface area contributed by atoms with Crippen LogP contribution in [0.15, 0.2) is 18.3 Å². The van der Waals surface area contributed by atoms with Crippen LogP contribution in [0, 0.1) is 0 Å². The van der Waals surface area contributed by atoms with Gasteiger partial charge in [0, 0.05) is 19.8 Å². The van der Waals surface area contributed by atoms with Crippen molar-refractivity contribution in [2.75, 3.05) is 18.9 Å². The van der Waals surface area contributed by atoms with Crippen LogP contribution in [-0.2, 0) is 4.79 Å².